The van der Waals surface area contributed by atoms with Gasteiger partial charge in [-0.05, 0) is 44.1 Å². The number of aliphatic hydroxyl groups excluding tert-OH is 2. The minimum atomic E-state index is -1.21. The van der Waals surface area contributed by atoms with Crippen molar-refractivity contribution in [2.24, 2.45) is 0 Å². The van der Waals surface area contributed by atoms with Crippen LogP contribution in [-0.2, 0) is 31.9 Å². The van der Waals surface area contributed by atoms with Gasteiger partial charge in [-0.15, -0.1) is 0 Å². The number of hydrogen-bond donors (Lipinski definition) is 5. The van der Waals surface area contributed by atoms with Crippen LogP contribution in [0.2, 0.25) is 0 Å². The van der Waals surface area contributed by atoms with Crippen molar-refractivity contribution in [3.8, 4) is 0 Å². The van der Waals surface area contributed by atoms with Crippen molar-refractivity contribution in [3.05, 3.63) is 71.3 Å². The molecule has 0 aromatic heterocycles. The molecule has 2 aliphatic heterocycles. The second kappa shape index (κ2) is 11.4. The van der Waals surface area contributed by atoms with Crippen LogP contribution in [0.4, 0.5) is 0 Å². The molecule has 0 radical (unpaired) electrons. The van der Waals surface area contributed by atoms with Gasteiger partial charge in [0, 0.05) is 6.54 Å². The van der Waals surface area contributed by atoms with Crippen LogP contribution in [0, 0.1) is 0 Å². The summed E-state index contributed by atoms with van der Waals surface area (Å²) >= 11 is 0. The van der Waals surface area contributed by atoms with Gasteiger partial charge >= 0.3 is 0 Å². The zero-order valence-corrected chi connectivity index (χ0v) is 21.7. The Morgan fingerprint density at radius 3 is 2.22 bits per heavy atom. The van der Waals surface area contributed by atoms with Crippen molar-refractivity contribution in [2.75, 3.05) is 27.2 Å². The fourth-order valence-electron chi connectivity index (χ4n) is 5.64. The van der Waals surface area contributed by atoms with Crippen molar-refractivity contribution in [2.45, 2.75) is 74.6 Å². The summed E-state index contributed by atoms with van der Waals surface area (Å²) in [5.41, 5.74) is 3.68. The number of nitrogens with one attached hydrogen (secondary N) is 3. The van der Waals surface area contributed by atoms with Crippen molar-refractivity contribution in [3.63, 3.8) is 0 Å². The maximum atomic E-state index is 11.0. The topological polar surface area (TPSA) is 113 Å². The first-order chi connectivity index (χ1) is 17.9. The molecule has 0 bridgehead atoms. The quantitative estimate of drug-likeness (QED) is 0.345. The number of aliphatic hydroxyl groups is 2. The molecule has 1 aliphatic carbocycles. The van der Waals surface area contributed by atoms with Crippen molar-refractivity contribution in [1.29, 1.82) is 0 Å². The molecule has 0 spiro atoms. The maximum Gasteiger partial charge on any atom is 0.234 e. The average Bonchev–Trinajstić information content (AvgIpc) is 2.90. The summed E-state index contributed by atoms with van der Waals surface area (Å²) in [6, 6.07) is 17.9. The van der Waals surface area contributed by atoms with Gasteiger partial charge in [0.05, 0.1) is 37.4 Å². The maximum absolute atomic E-state index is 11.0. The Hall–Kier alpha value is -1.92. The van der Waals surface area contributed by atoms with E-state index in [9.17, 15) is 10.2 Å². The molecular formula is C28H39N3O6. The monoisotopic (exact) mass is 513 g/mol. The first-order valence-electron chi connectivity index (χ1n) is 13.1. The van der Waals surface area contributed by atoms with Crippen LogP contribution >= 0.6 is 0 Å². The van der Waals surface area contributed by atoms with Crippen molar-refractivity contribution < 1.29 is 29.2 Å². The minimum absolute atomic E-state index is 0.179. The number of rotatable bonds is 8. The zero-order valence-electron chi connectivity index (χ0n) is 21.7. The van der Waals surface area contributed by atoms with Gasteiger partial charge in [-0.25, -0.2) is 0 Å². The molecule has 0 amide bonds. The highest BCUT2D eigenvalue weighted by Gasteiger charge is 2.61. The van der Waals surface area contributed by atoms with E-state index < -0.39 is 48.6 Å². The van der Waals surface area contributed by atoms with E-state index in [-0.39, 0.29) is 6.10 Å². The van der Waals surface area contributed by atoms with Gasteiger partial charge in [0.1, 0.15) is 18.3 Å². The van der Waals surface area contributed by atoms with Crippen LogP contribution in [0.5, 0.6) is 0 Å². The fourth-order valence-corrected chi connectivity index (χ4v) is 5.64. The van der Waals surface area contributed by atoms with Gasteiger partial charge in [-0.3, -0.25) is 0 Å². The SMILES string of the molecule is CN[C@@H]1[C@H](O)[C@H](NC)C2O[C@]3(CNCc4ccc(Cc5ccccc5)cc4)OC[C@@H](C)OC3OC2[C@H]1O. The number of benzene rings is 2. The van der Waals surface area contributed by atoms with Gasteiger partial charge in [0.25, 0.3) is 0 Å². The second-order valence-electron chi connectivity index (χ2n) is 10.3. The Morgan fingerprint density at radius 2 is 1.51 bits per heavy atom. The Kier molecular flexibility index (Phi) is 8.25. The lowest BCUT2D eigenvalue weighted by Crippen LogP contribution is -2.78. The van der Waals surface area contributed by atoms with Gasteiger partial charge in [-0.2, -0.15) is 0 Å². The molecule has 1 saturated carbocycles. The summed E-state index contributed by atoms with van der Waals surface area (Å²) in [5, 5.41) is 31.4. The van der Waals surface area contributed by atoms with Crippen LogP contribution < -0.4 is 16.0 Å². The fraction of sp³-hybridized carbons (Fsp3) is 0.571. The van der Waals surface area contributed by atoms with Crippen LogP contribution in [0.3, 0.4) is 0 Å². The van der Waals surface area contributed by atoms with E-state index >= 15 is 0 Å². The summed E-state index contributed by atoms with van der Waals surface area (Å²) in [7, 11) is 3.47. The highest BCUT2D eigenvalue weighted by molar-refractivity contribution is 5.28. The normalized spacial score (nSPS) is 37.5. The Morgan fingerprint density at radius 1 is 0.838 bits per heavy atom. The molecule has 2 aromatic rings. The van der Waals surface area contributed by atoms with Crippen molar-refractivity contribution in [1.82, 2.24) is 16.0 Å². The molecule has 5 rings (SSSR count). The standard InChI is InChI=1S/C28H39N3O6/c1-17-15-34-28(16-31-14-20-11-9-19(10-12-20)13-18-7-5-4-6-8-18)27(35-17)36-26-24(33)21(29-2)23(32)22(30-3)25(26)37-28/h4-12,17,21-27,29-33H,13-16H2,1-3H3/t17-,21-,22+,23+,24+,25?,26?,27?,28+/m1/s1. The van der Waals surface area contributed by atoms with Gasteiger partial charge in [0.15, 0.2) is 0 Å². The lowest BCUT2D eigenvalue weighted by molar-refractivity contribution is -0.460. The highest BCUT2D eigenvalue weighted by Crippen LogP contribution is 2.40. The third-order valence-corrected chi connectivity index (χ3v) is 7.65. The molecule has 2 saturated heterocycles. The minimum Gasteiger partial charge on any atom is -0.390 e. The number of likely N-dealkylation sites (N-methyl/N-ethyl adjacent to an activating group) is 2. The first kappa shape index (κ1) is 26.7. The molecule has 37 heavy (non-hydrogen) atoms. The summed E-state index contributed by atoms with van der Waals surface area (Å²) in [4.78, 5) is 0. The molecule has 2 heterocycles. The highest BCUT2D eigenvalue weighted by atomic mass is 16.8. The molecule has 9 atom stereocenters. The van der Waals surface area contributed by atoms with E-state index in [4.69, 9.17) is 18.9 Å². The van der Waals surface area contributed by atoms with Gasteiger partial charge < -0.3 is 45.1 Å². The Balaban J connectivity index is 1.26. The third kappa shape index (κ3) is 5.47. The van der Waals surface area contributed by atoms with E-state index in [0.29, 0.717) is 19.7 Å². The molecule has 3 unspecified atom stereocenters. The number of fused-ring (bicyclic) bond motifs is 2. The molecule has 5 N–H and O–H groups in total. The van der Waals surface area contributed by atoms with E-state index in [1.54, 1.807) is 14.1 Å². The predicted molar refractivity (Wildman–Crippen MR) is 138 cm³/mol. The van der Waals surface area contributed by atoms with Crippen molar-refractivity contribution >= 4 is 0 Å². The average molecular weight is 514 g/mol. The van der Waals surface area contributed by atoms with E-state index in [1.165, 1.54) is 11.1 Å². The Labute approximate surface area is 218 Å². The molecule has 9 nitrogen and oxygen atoms in total. The molecule has 3 fully saturated rings. The van der Waals surface area contributed by atoms with Crippen LogP contribution in [0.25, 0.3) is 0 Å². The van der Waals surface area contributed by atoms with E-state index in [1.807, 2.05) is 13.0 Å². The third-order valence-electron chi connectivity index (χ3n) is 7.65. The van der Waals surface area contributed by atoms with Gasteiger partial charge in [0.2, 0.25) is 12.1 Å². The van der Waals surface area contributed by atoms with E-state index in [0.717, 1.165) is 12.0 Å². The number of ether oxygens (including phenoxy) is 4. The Bertz CT molecular complexity index is 1010. The lowest BCUT2D eigenvalue weighted by atomic mass is 9.80. The second-order valence-corrected chi connectivity index (χ2v) is 10.3. The largest absolute Gasteiger partial charge is 0.390 e. The van der Waals surface area contributed by atoms with Crippen LogP contribution in [0.15, 0.2) is 54.6 Å². The predicted octanol–water partition coefficient (Wildman–Crippen LogP) is 0.520. The summed E-state index contributed by atoms with van der Waals surface area (Å²) in [5.74, 6) is -1.21. The van der Waals surface area contributed by atoms with Crippen LogP contribution in [-0.4, -0.2) is 92.1 Å². The summed E-state index contributed by atoms with van der Waals surface area (Å²) < 4.78 is 25.2. The lowest BCUT2D eigenvalue weighted by Gasteiger charge is -2.57. The molecule has 9 heteroatoms. The summed E-state index contributed by atoms with van der Waals surface area (Å²) in [6.45, 7) is 3.19. The molecule has 202 valence electrons. The zero-order chi connectivity index (χ0) is 26.0. The smallest absolute Gasteiger partial charge is 0.234 e. The van der Waals surface area contributed by atoms with E-state index in [2.05, 4.69) is 64.5 Å². The van der Waals surface area contributed by atoms with Gasteiger partial charge in [-0.1, -0.05) is 54.6 Å². The molecule has 3 aliphatic rings. The first-order valence-corrected chi connectivity index (χ1v) is 13.1. The van der Waals surface area contributed by atoms with Crippen LogP contribution in [0.1, 0.15) is 23.6 Å². The number of hydrogen-bond acceptors (Lipinski definition) is 9. The summed E-state index contributed by atoms with van der Waals surface area (Å²) in [6.07, 6.45) is -3.28. The molecule has 2 aromatic carbocycles. The molecular weight excluding hydrogens is 474 g/mol.